The maximum absolute atomic E-state index is 11.8. The Morgan fingerprint density at radius 3 is 3.00 bits per heavy atom. The van der Waals surface area contributed by atoms with Crippen molar-refractivity contribution in [3.05, 3.63) is 36.1 Å². The van der Waals surface area contributed by atoms with E-state index in [0.717, 1.165) is 38.5 Å². The van der Waals surface area contributed by atoms with E-state index in [-0.39, 0.29) is 5.97 Å². The third-order valence-corrected chi connectivity index (χ3v) is 3.34. The second-order valence-electron chi connectivity index (χ2n) is 4.98. The molecule has 0 fully saturated rings. The Hall–Kier alpha value is -2.02. The Kier molecular flexibility index (Phi) is 7.96. The molecule has 1 aliphatic carbocycles. The van der Waals surface area contributed by atoms with Gasteiger partial charge in [-0.3, -0.25) is 0 Å². The summed E-state index contributed by atoms with van der Waals surface area (Å²) in [6.07, 6.45) is 11.0. The summed E-state index contributed by atoms with van der Waals surface area (Å²) in [5.74, 6) is 0.233. The first-order chi connectivity index (χ1) is 10.2. The summed E-state index contributed by atoms with van der Waals surface area (Å²) in [7, 11) is 1.36. The molecule has 0 saturated heterocycles. The van der Waals surface area contributed by atoms with Gasteiger partial charge in [0.25, 0.3) is 0 Å². The van der Waals surface area contributed by atoms with E-state index >= 15 is 0 Å². The smallest absolute Gasteiger partial charge is 0.347 e. The van der Waals surface area contributed by atoms with Gasteiger partial charge in [0.2, 0.25) is 0 Å². The van der Waals surface area contributed by atoms with Crippen LogP contribution < -0.4 is 0 Å². The highest BCUT2D eigenvalue weighted by atomic mass is 16.6. The Morgan fingerprint density at radius 1 is 1.52 bits per heavy atom. The largest absolute Gasteiger partial charge is 0.479 e. The number of esters is 1. The molecule has 0 heterocycles. The van der Waals surface area contributed by atoms with Crippen LogP contribution in [0.4, 0.5) is 0 Å². The van der Waals surface area contributed by atoms with E-state index in [9.17, 15) is 4.79 Å². The normalized spacial score (nSPS) is 15.2. The molecule has 4 nitrogen and oxygen atoms in total. The monoisotopic (exact) mass is 289 g/mol. The summed E-state index contributed by atoms with van der Waals surface area (Å²) < 4.78 is 10.5. The highest BCUT2D eigenvalue weighted by Crippen LogP contribution is 2.21. The summed E-state index contributed by atoms with van der Waals surface area (Å²) >= 11 is 0. The number of carbonyl (C=O) groups excluding carboxylic acids is 1. The van der Waals surface area contributed by atoms with E-state index in [2.05, 4.69) is 12.6 Å². The van der Waals surface area contributed by atoms with E-state index in [1.807, 2.05) is 12.2 Å². The van der Waals surface area contributed by atoms with Gasteiger partial charge in [0, 0.05) is 5.57 Å². The fourth-order valence-corrected chi connectivity index (χ4v) is 2.16. The van der Waals surface area contributed by atoms with Crippen LogP contribution >= 0.6 is 0 Å². The van der Waals surface area contributed by atoms with Crippen LogP contribution in [0.3, 0.4) is 0 Å². The number of methoxy groups -OCH3 is 1. The molecule has 0 amide bonds. The minimum absolute atomic E-state index is 0.364. The topological polar surface area (TPSA) is 59.3 Å². The van der Waals surface area contributed by atoms with Gasteiger partial charge >= 0.3 is 5.97 Å². The van der Waals surface area contributed by atoms with Gasteiger partial charge in [0.1, 0.15) is 5.76 Å². The van der Waals surface area contributed by atoms with Crippen molar-refractivity contribution in [3.63, 3.8) is 0 Å². The first kappa shape index (κ1) is 17.0. The van der Waals surface area contributed by atoms with Crippen molar-refractivity contribution in [1.29, 1.82) is 5.26 Å². The van der Waals surface area contributed by atoms with Crippen molar-refractivity contribution in [2.75, 3.05) is 7.11 Å². The zero-order chi connectivity index (χ0) is 15.5. The Bertz CT molecular complexity index is 457. The van der Waals surface area contributed by atoms with Crippen LogP contribution in [0, 0.1) is 11.3 Å². The van der Waals surface area contributed by atoms with Crippen molar-refractivity contribution >= 4 is 5.97 Å². The van der Waals surface area contributed by atoms with Crippen LogP contribution in [0.5, 0.6) is 0 Å². The number of ether oxygens (including phenoxy) is 2. The number of rotatable bonds is 9. The van der Waals surface area contributed by atoms with Gasteiger partial charge in [-0.15, -0.1) is 6.58 Å². The summed E-state index contributed by atoms with van der Waals surface area (Å²) in [5.41, 5.74) is 0.682. The van der Waals surface area contributed by atoms with Gasteiger partial charge in [0.15, 0.2) is 6.10 Å². The molecule has 1 unspecified atom stereocenters. The lowest BCUT2D eigenvalue weighted by Gasteiger charge is -2.19. The second kappa shape index (κ2) is 9.82. The maximum Gasteiger partial charge on any atom is 0.347 e. The van der Waals surface area contributed by atoms with Crippen LogP contribution in [0.2, 0.25) is 0 Å². The molecule has 0 bridgehead atoms. The molecular formula is C17H23NO3. The molecule has 1 atom stereocenters. The van der Waals surface area contributed by atoms with Crippen LogP contribution in [0.1, 0.15) is 44.9 Å². The van der Waals surface area contributed by atoms with Crippen molar-refractivity contribution in [1.82, 2.24) is 0 Å². The zero-order valence-corrected chi connectivity index (χ0v) is 12.6. The van der Waals surface area contributed by atoms with Crippen molar-refractivity contribution in [3.8, 4) is 6.07 Å². The quantitative estimate of drug-likeness (QED) is 0.368. The third kappa shape index (κ3) is 6.31. The van der Waals surface area contributed by atoms with Gasteiger partial charge in [0.05, 0.1) is 13.2 Å². The van der Waals surface area contributed by atoms with Gasteiger partial charge in [-0.2, -0.15) is 5.26 Å². The molecule has 1 aliphatic rings. The van der Waals surface area contributed by atoms with Crippen LogP contribution in [-0.2, 0) is 14.3 Å². The fourth-order valence-electron chi connectivity index (χ4n) is 2.16. The standard InChI is InChI=1S/C17H23NO3/c1-3-4-5-6-7-11-16(17(19)20-2)21-15-10-8-9-14(12-15)13-18/h3,10,12,16H,1,4-9,11H2,2H3. The number of nitriles is 1. The van der Waals surface area contributed by atoms with E-state index in [1.54, 1.807) is 6.08 Å². The highest BCUT2D eigenvalue weighted by molar-refractivity contribution is 5.74. The lowest BCUT2D eigenvalue weighted by molar-refractivity contribution is -0.151. The third-order valence-electron chi connectivity index (χ3n) is 3.34. The molecule has 1 rings (SSSR count). The minimum Gasteiger partial charge on any atom is -0.479 e. The van der Waals surface area contributed by atoms with Gasteiger partial charge in [-0.1, -0.05) is 12.5 Å². The van der Waals surface area contributed by atoms with E-state index in [1.165, 1.54) is 7.11 Å². The van der Waals surface area contributed by atoms with E-state index in [0.29, 0.717) is 17.8 Å². The minimum atomic E-state index is -0.598. The SMILES string of the molecule is C=CCCCCCC(OC1=CCCC(C#N)=C1)C(=O)OC. The van der Waals surface area contributed by atoms with Gasteiger partial charge in [-0.05, 0) is 50.7 Å². The van der Waals surface area contributed by atoms with Gasteiger partial charge in [-0.25, -0.2) is 4.79 Å². The fraction of sp³-hybridized carbons (Fsp3) is 0.529. The average Bonchev–Trinajstić information content (AvgIpc) is 2.53. The first-order valence-corrected chi connectivity index (χ1v) is 7.37. The molecular weight excluding hydrogens is 266 g/mol. The summed E-state index contributed by atoms with van der Waals surface area (Å²) in [6, 6.07) is 2.13. The molecule has 0 aliphatic heterocycles. The first-order valence-electron chi connectivity index (χ1n) is 7.37. The number of nitrogens with zero attached hydrogens (tertiary/aromatic N) is 1. The number of carbonyl (C=O) groups is 1. The summed E-state index contributed by atoms with van der Waals surface area (Å²) in [6.45, 7) is 3.69. The second-order valence-corrected chi connectivity index (χ2v) is 4.98. The number of hydrogen-bond donors (Lipinski definition) is 0. The lowest BCUT2D eigenvalue weighted by atomic mass is 10.0. The molecule has 0 saturated carbocycles. The number of hydrogen-bond acceptors (Lipinski definition) is 4. The van der Waals surface area contributed by atoms with Crippen molar-refractivity contribution in [2.45, 2.75) is 51.0 Å². The number of allylic oxidation sites excluding steroid dienone is 4. The van der Waals surface area contributed by atoms with Crippen LogP contribution in [0.15, 0.2) is 36.1 Å². The molecule has 21 heavy (non-hydrogen) atoms. The van der Waals surface area contributed by atoms with Crippen molar-refractivity contribution < 1.29 is 14.3 Å². The summed E-state index contributed by atoms with van der Waals surface area (Å²) in [5, 5.41) is 8.92. The van der Waals surface area contributed by atoms with Crippen LogP contribution in [-0.4, -0.2) is 19.2 Å². The molecule has 0 N–H and O–H groups in total. The Labute approximate surface area is 126 Å². The predicted molar refractivity (Wildman–Crippen MR) is 81.2 cm³/mol. The van der Waals surface area contributed by atoms with Crippen molar-refractivity contribution in [2.24, 2.45) is 0 Å². The molecule has 0 aromatic carbocycles. The molecule has 0 spiro atoms. The molecule has 0 radical (unpaired) electrons. The van der Waals surface area contributed by atoms with E-state index < -0.39 is 6.10 Å². The van der Waals surface area contributed by atoms with Crippen LogP contribution in [0.25, 0.3) is 0 Å². The average molecular weight is 289 g/mol. The number of unbranched alkanes of at least 4 members (excludes halogenated alkanes) is 3. The Morgan fingerprint density at radius 2 is 2.33 bits per heavy atom. The molecule has 0 aromatic heterocycles. The van der Waals surface area contributed by atoms with E-state index in [4.69, 9.17) is 14.7 Å². The Balaban J connectivity index is 2.52. The lowest BCUT2D eigenvalue weighted by Crippen LogP contribution is -2.25. The molecule has 114 valence electrons. The zero-order valence-electron chi connectivity index (χ0n) is 12.6. The molecule has 0 aromatic rings. The maximum atomic E-state index is 11.8. The highest BCUT2D eigenvalue weighted by Gasteiger charge is 2.22. The van der Waals surface area contributed by atoms with Gasteiger partial charge < -0.3 is 9.47 Å². The molecule has 4 heteroatoms. The predicted octanol–water partition coefficient (Wildman–Crippen LogP) is 3.81. The summed E-state index contributed by atoms with van der Waals surface area (Å²) in [4.78, 5) is 11.8.